The molecule has 36 heavy (non-hydrogen) atoms. The first-order valence-corrected chi connectivity index (χ1v) is 14.4. The molecule has 2 saturated heterocycles. The van der Waals surface area contributed by atoms with Crippen LogP contribution in [0.25, 0.3) is 0 Å². The highest BCUT2D eigenvalue weighted by Crippen LogP contribution is 2.37. The molecule has 2 aliphatic heterocycles. The van der Waals surface area contributed by atoms with E-state index in [0.717, 1.165) is 35.7 Å². The van der Waals surface area contributed by atoms with E-state index in [-0.39, 0.29) is 23.5 Å². The number of nitrogens with one attached hydrogen (secondary N) is 1. The van der Waals surface area contributed by atoms with E-state index in [1.807, 2.05) is 0 Å². The van der Waals surface area contributed by atoms with Gasteiger partial charge in [-0.25, -0.2) is 16.8 Å². The van der Waals surface area contributed by atoms with Gasteiger partial charge in [-0.2, -0.15) is 21.8 Å². The number of nitrogens with zero attached hydrogens (tertiary/aromatic N) is 2. The maximum Gasteiger partial charge on any atom is 0.417 e. The number of amides is 1. The molecule has 13 heteroatoms. The van der Waals surface area contributed by atoms with E-state index in [4.69, 9.17) is 0 Å². The van der Waals surface area contributed by atoms with Gasteiger partial charge in [-0.05, 0) is 62.1 Å². The standard InChI is InChI=1S/C23H26F3N3O5S2/c24-23(25,26)19-7-2-3-9-21(19)36(33,34)29-16-6-8-20(29)22(30)27-17-10-12-18(13-11-17)35(31,32)28-14-4-1-5-15-28/h2-3,7,9-13,20H,1,4-6,8,14-16H2,(H,27,30)/t20-/m0/s1. The van der Waals surface area contributed by atoms with Gasteiger partial charge < -0.3 is 5.32 Å². The lowest BCUT2D eigenvalue weighted by Crippen LogP contribution is -2.43. The third-order valence-corrected chi connectivity index (χ3v) is 10.2. The number of alkyl halides is 3. The van der Waals surface area contributed by atoms with Crippen molar-refractivity contribution in [3.63, 3.8) is 0 Å². The summed E-state index contributed by atoms with van der Waals surface area (Å²) < 4.78 is 94.4. The van der Waals surface area contributed by atoms with Gasteiger partial charge in [-0.1, -0.05) is 18.6 Å². The number of carbonyl (C=O) groups excluding carboxylic acids is 1. The topological polar surface area (TPSA) is 104 Å². The third kappa shape index (κ3) is 5.29. The predicted molar refractivity (Wildman–Crippen MR) is 126 cm³/mol. The van der Waals surface area contributed by atoms with E-state index in [1.54, 1.807) is 0 Å². The summed E-state index contributed by atoms with van der Waals surface area (Å²) in [6.45, 7) is 0.800. The van der Waals surface area contributed by atoms with Gasteiger partial charge in [0, 0.05) is 25.3 Å². The minimum Gasteiger partial charge on any atom is -0.325 e. The van der Waals surface area contributed by atoms with Crippen LogP contribution in [0.4, 0.5) is 18.9 Å². The Hall–Kier alpha value is -2.48. The molecule has 0 radical (unpaired) electrons. The monoisotopic (exact) mass is 545 g/mol. The first-order valence-electron chi connectivity index (χ1n) is 11.5. The molecule has 196 valence electrons. The van der Waals surface area contributed by atoms with Gasteiger partial charge in [0.25, 0.3) is 0 Å². The second-order valence-electron chi connectivity index (χ2n) is 8.75. The van der Waals surface area contributed by atoms with E-state index < -0.39 is 48.6 Å². The molecule has 0 aliphatic carbocycles. The lowest BCUT2D eigenvalue weighted by atomic mass is 10.2. The second kappa shape index (κ2) is 10.1. The molecule has 0 saturated carbocycles. The Morgan fingerprint density at radius 1 is 0.833 bits per heavy atom. The molecule has 2 aliphatic rings. The number of anilines is 1. The number of halogens is 3. The van der Waals surface area contributed by atoms with E-state index in [9.17, 15) is 34.8 Å². The maximum absolute atomic E-state index is 13.4. The van der Waals surface area contributed by atoms with Crippen molar-refractivity contribution < 1.29 is 34.8 Å². The summed E-state index contributed by atoms with van der Waals surface area (Å²) in [7, 11) is -8.27. The largest absolute Gasteiger partial charge is 0.417 e. The molecule has 8 nitrogen and oxygen atoms in total. The van der Waals surface area contributed by atoms with Crippen LogP contribution in [-0.4, -0.2) is 57.0 Å². The Morgan fingerprint density at radius 3 is 2.11 bits per heavy atom. The van der Waals surface area contributed by atoms with Crippen molar-refractivity contribution in [3.8, 4) is 0 Å². The minimum absolute atomic E-state index is 0.0798. The number of hydrogen-bond acceptors (Lipinski definition) is 5. The van der Waals surface area contributed by atoms with Crippen molar-refractivity contribution in [1.29, 1.82) is 0 Å². The quantitative estimate of drug-likeness (QED) is 0.597. The number of hydrogen-bond donors (Lipinski definition) is 1. The van der Waals surface area contributed by atoms with Gasteiger partial charge in [-0.3, -0.25) is 4.79 Å². The average molecular weight is 546 g/mol. The number of sulfonamides is 2. The highest BCUT2D eigenvalue weighted by Gasteiger charge is 2.44. The zero-order valence-electron chi connectivity index (χ0n) is 19.2. The Morgan fingerprint density at radius 2 is 1.47 bits per heavy atom. The maximum atomic E-state index is 13.4. The van der Waals surface area contributed by atoms with Crippen molar-refractivity contribution in [2.45, 2.75) is 54.1 Å². The highest BCUT2D eigenvalue weighted by molar-refractivity contribution is 7.89. The summed E-state index contributed by atoms with van der Waals surface area (Å²) in [6, 6.07) is 8.21. The predicted octanol–water partition coefficient (Wildman–Crippen LogP) is 3.67. The average Bonchev–Trinajstić information content (AvgIpc) is 3.36. The summed E-state index contributed by atoms with van der Waals surface area (Å²) in [5.74, 6) is -0.702. The zero-order chi connectivity index (χ0) is 26.1. The normalized spacial score (nSPS) is 20.4. The molecular weight excluding hydrogens is 519 g/mol. The van der Waals surface area contributed by atoms with E-state index in [1.165, 1.54) is 34.6 Å². The Labute approximate surface area is 208 Å². The summed E-state index contributed by atoms with van der Waals surface area (Å²) in [5, 5.41) is 2.56. The molecule has 0 aromatic heterocycles. The third-order valence-electron chi connectivity index (χ3n) is 6.36. The number of piperidine rings is 1. The van der Waals surface area contributed by atoms with E-state index >= 15 is 0 Å². The summed E-state index contributed by atoms with van der Waals surface area (Å²) >= 11 is 0. The summed E-state index contributed by atoms with van der Waals surface area (Å²) in [4.78, 5) is 12.1. The highest BCUT2D eigenvalue weighted by atomic mass is 32.2. The van der Waals surface area contributed by atoms with E-state index in [2.05, 4.69) is 5.32 Å². The van der Waals surface area contributed by atoms with Gasteiger partial charge in [0.05, 0.1) is 15.4 Å². The Kier molecular flexibility index (Phi) is 7.47. The molecule has 1 N–H and O–H groups in total. The van der Waals surface area contributed by atoms with Crippen LogP contribution < -0.4 is 5.32 Å². The first kappa shape index (κ1) is 26.6. The van der Waals surface area contributed by atoms with Crippen LogP contribution in [0.2, 0.25) is 0 Å². The summed E-state index contributed by atoms with van der Waals surface area (Å²) in [5.41, 5.74) is -1.04. The van der Waals surface area contributed by atoms with Gasteiger partial charge in [0.15, 0.2) is 0 Å². The van der Waals surface area contributed by atoms with Crippen LogP contribution in [0.3, 0.4) is 0 Å². The molecule has 0 bridgehead atoms. The van der Waals surface area contributed by atoms with Crippen molar-refractivity contribution in [3.05, 3.63) is 54.1 Å². The second-order valence-corrected chi connectivity index (χ2v) is 12.5. The molecular formula is C23H26F3N3O5S2. The van der Waals surface area contributed by atoms with Gasteiger partial charge in [0.1, 0.15) is 6.04 Å². The van der Waals surface area contributed by atoms with Crippen molar-refractivity contribution in [2.24, 2.45) is 0 Å². The molecule has 2 heterocycles. The fourth-order valence-corrected chi connectivity index (χ4v) is 7.92. The molecule has 0 unspecified atom stereocenters. The fraction of sp³-hybridized carbons (Fsp3) is 0.435. The lowest BCUT2D eigenvalue weighted by molar-refractivity contribution is -0.139. The molecule has 2 aromatic carbocycles. The molecule has 0 spiro atoms. The Bertz CT molecular complexity index is 1320. The van der Waals surface area contributed by atoms with Gasteiger partial charge >= 0.3 is 6.18 Å². The van der Waals surface area contributed by atoms with E-state index in [0.29, 0.717) is 25.6 Å². The van der Waals surface area contributed by atoms with Crippen molar-refractivity contribution >= 4 is 31.6 Å². The lowest BCUT2D eigenvalue weighted by Gasteiger charge is -2.26. The number of benzene rings is 2. The molecule has 1 amide bonds. The van der Waals surface area contributed by atoms with Gasteiger partial charge in [0.2, 0.25) is 26.0 Å². The fourth-order valence-electron chi connectivity index (χ4n) is 4.53. The first-order chi connectivity index (χ1) is 16.9. The van der Waals surface area contributed by atoms with Crippen LogP contribution in [0.1, 0.15) is 37.7 Å². The van der Waals surface area contributed by atoms with Crippen LogP contribution in [0, 0.1) is 0 Å². The molecule has 4 rings (SSSR count). The van der Waals surface area contributed by atoms with Crippen molar-refractivity contribution in [2.75, 3.05) is 25.0 Å². The number of rotatable bonds is 6. The number of carbonyl (C=O) groups is 1. The smallest absolute Gasteiger partial charge is 0.325 e. The van der Waals surface area contributed by atoms with Crippen LogP contribution >= 0.6 is 0 Å². The minimum atomic E-state index is -4.88. The van der Waals surface area contributed by atoms with Crippen LogP contribution in [-0.2, 0) is 31.0 Å². The summed E-state index contributed by atoms with van der Waals surface area (Å²) in [6.07, 6.45) is -1.87. The Balaban J connectivity index is 1.51. The molecule has 2 aromatic rings. The molecule has 2 fully saturated rings. The SMILES string of the molecule is O=C(Nc1ccc(S(=O)(=O)N2CCCCC2)cc1)[C@@H]1CCCN1S(=O)(=O)c1ccccc1C(F)(F)F. The van der Waals surface area contributed by atoms with Gasteiger partial charge in [-0.15, -0.1) is 0 Å². The van der Waals surface area contributed by atoms with Crippen LogP contribution in [0.15, 0.2) is 58.3 Å². The van der Waals surface area contributed by atoms with Crippen LogP contribution in [0.5, 0.6) is 0 Å². The zero-order valence-corrected chi connectivity index (χ0v) is 20.9. The van der Waals surface area contributed by atoms with Crippen molar-refractivity contribution in [1.82, 2.24) is 8.61 Å². The molecule has 1 atom stereocenters.